The summed E-state index contributed by atoms with van der Waals surface area (Å²) in [5.74, 6) is 0. The summed E-state index contributed by atoms with van der Waals surface area (Å²) in [6, 6.07) is 4.64. The highest BCUT2D eigenvalue weighted by atomic mass is 35.5. The van der Waals surface area contributed by atoms with E-state index < -0.39 is 0 Å². The van der Waals surface area contributed by atoms with E-state index in [0.717, 1.165) is 17.3 Å². The topological polar surface area (TPSA) is 12.0 Å². The highest BCUT2D eigenvalue weighted by Crippen LogP contribution is 2.27. The number of rotatable bonds is 5. The predicted octanol–water partition coefficient (Wildman–Crippen LogP) is 4.36. The Balaban J connectivity index is 2.63. The van der Waals surface area contributed by atoms with Crippen molar-refractivity contribution < 1.29 is 0 Å². The molecule has 16 heavy (non-hydrogen) atoms. The van der Waals surface area contributed by atoms with Gasteiger partial charge in [0.1, 0.15) is 0 Å². The summed E-state index contributed by atoms with van der Waals surface area (Å²) >= 11 is 7.65. The third kappa shape index (κ3) is 4.44. The molecule has 0 saturated heterocycles. The normalized spacial score (nSPS) is 14.1. The second-order valence-corrected chi connectivity index (χ2v) is 7.08. The van der Waals surface area contributed by atoms with Gasteiger partial charge in [0.15, 0.2) is 0 Å². The van der Waals surface area contributed by atoms with Crippen LogP contribution in [0, 0.1) is 5.41 Å². The molecule has 1 aromatic rings. The fourth-order valence-corrected chi connectivity index (χ4v) is 2.80. The van der Waals surface area contributed by atoms with Crippen LogP contribution in [0.2, 0.25) is 4.34 Å². The average molecular weight is 260 g/mol. The monoisotopic (exact) mass is 259 g/mol. The smallest absolute Gasteiger partial charge is 0.0931 e. The molecule has 1 heterocycles. The summed E-state index contributed by atoms with van der Waals surface area (Å²) in [5.41, 5.74) is 0.283. The van der Waals surface area contributed by atoms with E-state index in [0.29, 0.717) is 6.04 Å². The molecule has 1 unspecified atom stereocenters. The molecule has 92 valence electrons. The Morgan fingerprint density at radius 2 is 2.06 bits per heavy atom. The molecule has 1 rings (SSSR count). The lowest BCUT2D eigenvalue weighted by Gasteiger charge is -2.31. The van der Waals surface area contributed by atoms with Gasteiger partial charge in [-0.15, -0.1) is 11.3 Å². The zero-order chi connectivity index (χ0) is 12.2. The SMILES string of the molecule is CCCNC(Cc1ccc(Cl)s1)C(C)(C)C. The van der Waals surface area contributed by atoms with Gasteiger partial charge in [-0.3, -0.25) is 0 Å². The molecule has 0 spiro atoms. The van der Waals surface area contributed by atoms with Crippen molar-refractivity contribution in [2.75, 3.05) is 6.54 Å². The maximum absolute atomic E-state index is 5.96. The quantitative estimate of drug-likeness (QED) is 0.829. The number of hydrogen-bond donors (Lipinski definition) is 1. The van der Waals surface area contributed by atoms with Crippen molar-refractivity contribution in [3.8, 4) is 0 Å². The van der Waals surface area contributed by atoms with Crippen molar-refractivity contribution in [2.24, 2.45) is 5.41 Å². The van der Waals surface area contributed by atoms with Gasteiger partial charge in [-0.05, 0) is 36.9 Å². The minimum atomic E-state index is 0.283. The van der Waals surface area contributed by atoms with Gasteiger partial charge in [0.25, 0.3) is 0 Å². The number of nitrogens with one attached hydrogen (secondary N) is 1. The van der Waals surface area contributed by atoms with Crippen LogP contribution in [0.4, 0.5) is 0 Å². The zero-order valence-electron chi connectivity index (χ0n) is 10.6. The molecule has 1 N–H and O–H groups in total. The van der Waals surface area contributed by atoms with Crippen LogP contribution >= 0.6 is 22.9 Å². The molecule has 0 aliphatic carbocycles. The fourth-order valence-electron chi connectivity index (χ4n) is 1.67. The lowest BCUT2D eigenvalue weighted by atomic mass is 9.84. The highest BCUT2D eigenvalue weighted by molar-refractivity contribution is 7.16. The van der Waals surface area contributed by atoms with Crippen LogP contribution in [-0.4, -0.2) is 12.6 Å². The van der Waals surface area contributed by atoms with Crippen molar-refractivity contribution in [1.29, 1.82) is 0 Å². The van der Waals surface area contributed by atoms with Crippen molar-refractivity contribution >= 4 is 22.9 Å². The van der Waals surface area contributed by atoms with Gasteiger partial charge in [-0.25, -0.2) is 0 Å². The van der Waals surface area contributed by atoms with Crippen LogP contribution in [0.5, 0.6) is 0 Å². The van der Waals surface area contributed by atoms with Crippen molar-refractivity contribution in [3.05, 3.63) is 21.3 Å². The average Bonchev–Trinajstić information content (AvgIpc) is 2.57. The summed E-state index contributed by atoms with van der Waals surface area (Å²) < 4.78 is 0.887. The van der Waals surface area contributed by atoms with Gasteiger partial charge in [-0.2, -0.15) is 0 Å². The van der Waals surface area contributed by atoms with Gasteiger partial charge < -0.3 is 5.32 Å². The lowest BCUT2D eigenvalue weighted by molar-refractivity contribution is 0.268. The molecular weight excluding hydrogens is 238 g/mol. The Bertz CT molecular complexity index is 314. The van der Waals surface area contributed by atoms with Gasteiger partial charge >= 0.3 is 0 Å². The van der Waals surface area contributed by atoms with E-state index in [-0.39, 0.29) is 5.41 Å². The Kier molecular flexibility index (Phi) is 5.29. The minimum Gasteiger partial charge on any atom is -0.313 e. The predicted molar refractivity (Wildman–Crippen MR) is 74.6 cm³/mol. The third-order valence-corrected chi connectivity index (χ3v) is 3.97. The molecule has 0 aliphatic heterocycles. The molecule has 0 aliphatic rings. The third-order valence-electron chi connectivity index (χ3n) is 2.72. The van der Waals surface area contributed by atoms with E-state index >= 15 is 0 Å². The second-order valence-electron chi connectivity index (χ2n) is 5.28. The molecule has 0 bridgehead atoms. The number of hydrogen-bond acceptors (Lipinski definition) is 2. The summed E-state index contributed by atoms with van der Waals surface area (Å²) in [6.07, 6.45) is 2.25. The molecule has 0 radical (unpaired) electrons. The van der Waals surface area contributed by atoms with Crippen molar-refractivity contribution in [1.82, 2.24) is 5.32 Å². The molecule has 1 aromatic heterocycles. The fraction of sp³-hybridized carbons (Fsp3) is 0.692. The van der Waals surface area contributed by atoms with Crippen LogP contribution in [0.15, 0.2) is 12.1 Å². The maximum atomic E-state index is 5.96. The molecule has 1 atom stereocenters. The van der Waals surface area contributed by atoms with Crippen LogP contribution in [-0.2, 0) is 6.42 Å². The van der Waals surface area contributed by atoms with Crippen LogP contribution < -0.4 is 5.32 Å². The molecule has 0 saturated carbocycles. The Morgan fingerprint density at radius 1 is 1.38 bits per heavy atom. The number of halogens is 1. The molecule has 0 amide bonds. The number of thiophene rings is 1. The minimum absolute atomic E-state index is 0.283. The van der Waals surface area contributed by atoms with Gasteiger partial charge in [-0.1, -0.05) is 39.3 Å². The maximum Gasteiger partial charge on any atom is 0.0931 e. The Hall–Kier alpha value is -0.0500. The first-order valence-corrected chi connectivity index (χ1v) is 7.10. The molecule has 1 nitrogen and oxygen atoms in total. The van der Waals surface area contributed by atoms with E-state index in [1.165, 1.54) is 11.3 Å². The Labute approximate surface area is 108 Å². The second kappa shape index (κ2) is 6.04. The van der Waals surface area contributed by atoms with Crippen molar-refractivity contribution in [3.63, 3.8) is 0 Å². The highest BCUT2D eigenvalue weighted by Gasteiger charge is 2.24. The summed E-state index contributed by atoms with van der Waals surface area (Å²) in [4.78, 5) is 1.37. The molecule has 0 aromatic carbocycles. The van der Waals surface area contributed by atoms with Crippen LogP contribution in [0.3, 0.4) is 0 Å². The largest absolute Gasteiger partial charge is 0.313 e. The zero-order valence-corrected chi connectivity index (χ0v) is 12.2. The van der Waals surface area contributed by atoms with E-state index in [2.05, 4.69) is 39.1 Å². The lowest BCUT2D eigenvalue weighted by Crippen LogP contribution is -2.42. The molecule has 3 heteroatoms. The van der Waals surface area contributed by atoms with E-state index in [9.17, 15) is 0 Å². The summed E-state index contributed by atoms with van der Waals surface area (Å²) in [5, 5.41) is 3.63. The van der Waals surface area contributed by atoms with Gasteiger partial charge in [0.2, 0.25) is 0 Å². The van der Waals surface area contributed by atoms with Crippen LogP contribution in [0.25, 0.3) is 0 Å². The summed E-state index contributed by atoms with van der Waals surface area (Å²) in [7, 11) is 0. The standard InChI is InChI=1S/C13H22ClNS/c1-5-8-15-11(13(2,3)4)9-10-6-7-12(14)16-10/h6-7,11,15H,5,8-9H2,1-4H3. The van der Waals surface area contributed by atoms with E-state index in [4.69, 9.17) is 11.6 Å². The molecular formula is C13H22ClNS. The summed E-state index contributed by atoms with van der Waals surface area (Å²) in [6.45, 7) is 10.1. The Morgan fingerprint density at radius 3 is 2.50 bits per heavy atom. The first-order valence-electron chi connectivity index (χ1n) is 5.91. The first-order chi connectivity index (χ1) is 7.43. The van der Waals surface area contributed by atoms with E-state index in [1.54, 1.807) is 11.3 Å². The van der Waals surface area contributed by atoms with E-state index in [1.807, 2.05) is 6.07 Å². The van der Waals surface area contributed by atoms with Crippen molar-refractivity contribution in [2.45, 2.75) is 46.6 Å². The van der Waals surface area contributed by atoms with Gasteiger partial charge in [0, 0.05) is 10.9 Å². The van der Waals surface area contributed by atoms with Gasteiger partial charge in [0.05, 0.1) is 4.34 Å². The van der Waals surface area contributed by atoms with Crippen LogP contribution in [0.1, 0.15) is 39.0 Å². The first kappa shape index (κ1) is 14.0. The molecule has 0 fully saturated rings.